The van der Waals surface area contributed by atoms with Gasteiger partial charge in [-0.25, -0.2) is 0 Å². The van der Waals surface area contributed by atoms with Crippen LogP contribution >= 0.6 is 0 Å². The quantitative estimate of drug-likeness (QED) is 0.741. The summed E-state index contributed by atoms with van der Waals surface area (Å²) in [5.74, 6) is -0.0324. The van der Waals surface area contributed by atoms with Crippen LogP contribution < -0.4 is 10.9 Å². The Morgan fingerprint density at radius 3 is 1.36 bits per heavy atom. The minimum absolute atomic E-state index is 0.150. The number of carbonyl (C=O) groups is 2. The zero-order chi connectivity index (χ0) is 15.4. The van der Waals surface area contributed by atoms with Crippen LogP contribution in [0.25, 0.3) is 0 Å². The third-order valence-corrected chi connectivity index (χ3v) is 4.24. The third-order valence-electron chi connectivity index (χ3n) is 4.24. The van der Waals surface area contributed by atoms with E-state index in [4.69, 9.17) is 0 Å². The van der Waals surface area contributed by atoms with Gasteiger partial charge in [0.05, 0.1) is 0 Å². The SMILES string of the molecule is O=C(C1=NNC(C(=O)N2CCCCC2)=NN1)N1CCCCC1. The molecule has 22 heavy (non-hydrogen) atoms. The number of nitrogens with zero attached hydrogens (tertiary/aromatic N) is 4. The van der Waals surface area contributed by atoms with Gasteiger partial charge in [0.25, 0.3) is 11.8 Å². The van der Waals surface area contributed by atoms with Crippen LogP contribution in [0, 0.1) is 0 Å². The van der Waals surface area contributed by atoms with Crippen molar-refractivity contribution in [2.45, 2.75) is 38.5 Å². The van der Waals surface area contributed by atoms with Crippen LogP contribution in [0.3, 0.4) is 0 Å². The average Bonchev–Trinajstić information content (AvgIpc) is 2.62. The van der Waals surface area contributed by atoms with E-state index in [1.54, 1.807) is 9.80 Å². The lowest BCUT2D eigenvalue weighted by molar-refractivity contribution is -0.126. The molecule has 0 aliphatic carbocycles. The first-order valence-corrected chi connectivity index (χ1v) is 8.01. The highest BCUT2D eigenvalue weighted by Gasteiger charge is 2.27. The van der Waals surface area contributed by atoms with Crippen molar-refractivity contribution in [3.63, 3.8) is 0 Å². The van der Waals surface area contributed by atoms with Gasteiger partial charge in [-0.05, 0) is 38.5 Å². The van der Waals surface area contributed by atoms with E-state index >= 15 is 0 Å². The highest BCUT2D eigenvalue weighted by Crippen LogP contribution is 2.10. The predicted octanol–water partition coefficient (Wildman–Crippen LogP) is -0.169. The Morgan fingerprint density at radius 1 is 0.682 bits per heavy atom. The Bertz CT molecular complexity index is 457. The summed E-state index contributed by atoms with van der Waals surface area (Å²) in [4.78, 5) is 28.1. The maximum absolute atomic E-state index is 12.3. The maximum atomic E-state index is 12.3. The van der Waals surface area contributed by atoms with Crippen molar-refractivity contribution >= 4 is 23.5 Å². The largest absolute Gasteiger partial charge is 0.336 e. The Morgan fingerprint density at radius 2 is 1.05 bits per heavy atom. The minimum atomic E-state index is -0.166. The van der Waals surface area contributed by atoms with E-state index in [9.17, 15) is 9.59 Å². The zero-order valence-corrected chi connectivity index (χ0v) is 12.7. The van der Waals surface area contributed by atoms with Gasteiger partial charge in [-0.1, -0.05) is 0 Å². The van der Waals surface area contributed by atoms with Crippen LogP contribution in [0.2, 0.25) is 0 Å². The number of hydrazone groups is 2. The number of carbonyl (C=O) groups excluding carboxylic acids is 2. The van der Waals surface area contributed by atoms with Gasteiger partial charge >= 0.3 is 0 Å². The van der Waals surface area contributed by atoms with Gasteiger partial charge in [0.1, 0.15) is 0 Å². The molecule has 8 heteroatoms. The second kappa shape index (κ2) is 6.76. The monoisotopic (exact) mass is 306 g/mol. The summed E-state index contributed by atoms with van der Waals surface area (Å²) in [7, 11) is 0. The predicted molar refractivity (Wildman–Crippen MR) is 82.0 cm³/mol. The Hall–Kier alpha value is -2.12. The first-order chi connectivity index (χ1) is 10.8. The first kappa shape index (κ1) is 14.8. The molecule has 0 aromatic carbocycles. The van der Waals surface area contributed by atoms with Crippen LogP contribution in [0.5, 0.6) is 0 Å². The molecular weight excluding hydrogens is 284 g/mol. The molecule has 2 amide bonds. The fraction of sp³-hybridized carbons (Fsp3) is 0.714. The summed E-state index contributed by atoms with van der Waals surface area (Å²) < 4.78 is 0. The van der Waals surface area contributed by atoms with Gasteiger partial charge in [0.2, 0.25) is 11.7 Å². The van der Waals surface area contributed by atoms with Crippen molar-refractivity contribution in [2.75, 3.05) is 26.2 Å². The Kier molecular flexibility index (Phi) is 4.55. The van der Waals surface area contributed by atoms with Crippen LogP contribution in [-0.2, 0) is 9.59 Å². The molecule has 3 rings (SSSR count). The number of rotatable bonds is 2. The summed E-state index contributed by atoms with van der Waals surface area (Å²) in [6.07, 6.45) is 6.41. The molecule has 0 aromatic rings. The van der Waals surface area contributed by atoms with Crippen LogP contribution in [-0.4, -0.2) is 59.5 Å². The van der Waals surface area contributed by atoms with Crippen LogP contribution in [0.1, 0.15) is 38.5 Å². The van der Waals surface area contributed by atoms with E-state index in [0.717, 1.165) is 64.7 Å². The molecule has 3 heterocycles. The number of nitrogens with one attached hydrogen (secondary N) is 2. The topological polar surface area (TPSA) is 89.4 Å². The van der Waals surface area contributed by atoms with Crippen molar-refractivity contribution in [3.05, 3.63) is 0 Å². The molecule has 0 aromatic heterocycles. The molecule has 0 saturated carbocycles. The summed E-state index contributed by atoms with van der Waals surface area (Å²) in [6, 6.07) is 0. The highest BCUT2D eigenvalue weighted by molar-refractivity contribution is 6.42. The highest BCUT2D eigenvalue weighted by atomic mass is 16.2. The van der Waals surface area contributed by atoms with E-state index in [2.05, 4.69) is 21.1 Å². The van der Waals surface area contributed by atoms with E-state index < -0.39 is 0 Å². The van der Waals surface area contributed by atoms with Crippen LogP contribution in [0.15, 0.2) is 10.2 Å². The lowest BCUT2D eigenvalue weighted by atomic mass is 10.1. The van der Waals surface area contributed by atoms with E-state index in [1.165, 1.54) is 0 Å². The van der Waals surface area contributed by atoms with Crippen molar-refractivity contribution in [3.8, 4) is 0 Å². The first-order valence-electron chi connectivity index (χ1n) is 8.01. The summed E-state index contributed by atoms with van der Waals surface area (Å²) in [5.41, 5.74) is 5.25. The van der Waals surface area contributed by atoms with Crippen molar-refractivity contribution in [2.24, 2.45) is 10.2 Å². The smallest absolute Gasteiger partial charge is 0.292 e. The standard InChI is InChI=1S/C14H22N6O2/c21-13(19-7-3-1-4-8-19)11-15-17-12(18-16-11)14(22)20-9-5-2-6-10-20/h1-10H2,(H,15,16)(H,17,18). The molecule has 3 aliphatic heterocycles. The molecule has 2 fully saturated rings. The molecule has 0 atom stereocenters. The second-order valence-electron chi connectivity index (χ2n) is 5.85. The zero-order valence-electron chi connectivity index (χ0n) is 12.7. The van der Waals surface area contributed by atoms with E-state index in [0.29, 0.717) is 0 Å². The fourth-order valence-corrected chi connectivity index (χ4v) is 2.95. The number of amidine groups is 2. The van der Waals surface area contributed by atoms with Gasteiger partial charge in [-0.15, -0.1) is 10.2 Å². The molecular formula is C14H22N6O2. The van der Waals surface area contributed by atoms with Crippen molar-refractivity contribution < 1.29 is 9.59 Å². The molecule has 2 saturated heterocycles. The fourth-order valence-electron chi connectivity index (χ4n) is 2.95. The van der Waals surface area contributed by atoms with Crippen LogP contribution in [0.4, 0.5) is 0 Å². The Balaban J connectivity index is 1.56. The molecule has 3 aliphatic rings. The minimum Gasteiger partial charge on any atom is -0.336 e. The third kappa shape index (κ3) is 3.20. The molecule has 8 nitrogen and oxygen atoms in total. The molecule has 0 unspecified atom stereocenters. The molecule has 120 valence electrons. The summed E-state index contributed by atoms with van der Waals surface area (Å²) in [6.45, 7) is 3.01. The van der Waals surface area contributed by atoms with Gasteiger partial charge < -0.3 is 9.80 Å². The Labute approximate surface area is 129 Å². The van der Waals surface area contributed by atoms with Gasteiger partial charge in [-0.2, -0.15) is 0 Å². The number of likely N-dealkylation sites (tertiary alicyclic amines) is 2. The van der Waals surface area contributed by atoms with Crippen molar-refractivity contribution in [1.29, 1.82) is 0 Å². The van der Waals surface area contributed by atoms with Gasteiger partial charge in [0.15, 0.2) is 0 Å². The lowest BCUT2D eigenvalue weighted by Gasteiger charge is -2.29. The van der Waals surface area contributed by atoms with E-state index in [1.807, 2.05) is 0 Å². The maximum Gasteiger partial charge on any atom is 0.292 e. The molecule has 0 spiro atoms. The number of amides is 2. The molecule has 0 bridgehead atoms. The molecule has 0 radical (unpaired) electrons. The van der Waals surface area contributed by atoms with E-state index in [-0.39, 0.29) is 23.5 Å². The normalized spacial score (nSPS) is 22.2. The average molecular weight is 306 g/mol. The number of hydrogen-bond donors (Lipinski definition) is 2. The lowest BCUT2D eigenvalue weighted by Crippen LogP contribution is -2.51. The van der Waals surface area contributed by atoms with Gasteiger partial charge in [-0.3, -0.25) is 20.4 Å². The molecule has 2 N–H and O–H groups in total. The summed E-state index contributed by atoms with van der Waals surface area (Å²) in [5, 5.41) is 7.98. The summed E-state index contributed by atoms with van der Waals surface area (Å²) >= 11 is 0. The van der Waals surface area contributed by atoms with Crippen molar-refractivity contribution in [1.82, 2.24) is 20.7 Å². The van der Waals surface area contributed by atoms with Gasteiger partial charge in [0, 0.05) is 26.2 Å². The second-order valence-corrected chi connectivity index (χ2v) is 5.85. The number of piperidine rings is 2. The number of hydrogen-bond acceptors (Lipinski definition) is 6.